The Hall–Kier alpha value is -2.05. The molecule has 8 atom stereocenters. The molecule has 1 aromatic carbocycles. The number of hydrogen-bond donors (Lipinski definition) is 7. The van der Waals surface area contributed by atoms with E-state index >= 15 is 0 Å². The minimum Gasteiger partial charge on any atom is -0.387 e. The number of fused-ring (bicyclic) bond motifs is 2. The lowest BCUT2D eigenvalue weighted by Gasteiger charge is -2.43. The van der Waals surface area contributed by atoms with Crippen molar-refractivity contribution in [3.05, 3.63) is 23.8 Å². The van der Waals surface area contributed by atoms with Crippen LogP contribution in [0.25, 0.3) is 0 Å². The molecule has 0 radical (unpaired) electrons. The van der Waals surface area contributed by atoms with Crippen LogP contribution in [0, 0.1) is 17.2 Å². The third kappa shape index (κ3) is 4.81. The van der Waals surface area contributed by atoms with E-state index in [2.05, 4.69) is 69.4 Å². The summed E-state index contributed by atoms with van der Waals surface area (Å²) in [5.74, 6) is 0.681. The summed E-state index contributed by atoms with van der Waals surface area (Å²) in [6.45, 7) is 1.71. The fraction of sp³-hybridized carbons (Fsp3) is 0.759. The largest absolute Gasteiger partial charge is 0.387 e. The van der Waals surface area contributed by atoms with E-state index in [0.717, 1.165) is 49.8 Å². The molecule has 7 rings (SSSR count). The average molecular weight is 568 g/mol. The zero-order chi connectivity index (χ0) is 28.5. The molecule has 4 heterocycles. The van der Waals surface area contributed by atoms with Gasteiger partial charge in [0.1, 0.15) is 24.5 Å². The Balaban J connectivity index is 0.871. The van der Waals surface area contributed by atoms with Gasteiger partial charge in [-0.05, 0) is 69.2 Å². The van der Waals surface area contributed by atoms with Crippen molar-refractivity contribution in [3.63, 3.8) is 0 Å². The van der Waals surface area contributed by atoms with Crippen LogP contribution < -0.4 is 31.9 Å². The molecular formula is C29H45N9O3. The third-order valence-corrected chi connectivity index (χ3v) is 10.7. The fourth-order valence-corrected chi connectivity index (χ4v) is 7.68. The summed E-state index contributed by atoms with van der Waals surface area (Å²) in [7, 11) is 4.26. The van der Waals surface area contributed by atoms with E-state index in [1.165, 1.54) is 5.69 Å². The van der Waals surface area contributed by atoms with Gasteiger partial charge in [0.25, 0.3) is 0 Å². The van der Waals surface area contributed by atoms with Crippen molar-refractivity contribution in [2.75, 3.05) is 44.2 Å². The number of aliphatic hydroxyl groups excluding tert-OH is 2. The van der Waals surface area contributed by atoms with Crippen molar-refractivity contribution in [3.8, 4) is 6.07 Å². The molecule has 12 nitrogen and oxygen atoms in total. The van der Waals surface area contributed by atoms with Gasteiger partial charge in [0.05, 0.1) is 54.1 Å². The molecule has 224 valence electrons. The quantitative estimate of drug-likeness (QED) is 0.214. The van der Waals surface area contributed by atoms with Crippen LogP contribution in [0.1, 0.15) is 44.1 Å². The first-order valence-corrected chi connectivity index (χ1v) is 15.3. The van der Waals surface area contributed by atoms with E-state index in [-0.39, 0.29) is 30.0 Å². The van der Waals surface area contributed by atoms with Crippen LogP contribution in [0.3, 0.4) is 0 Å². The molecule has 3 saturated heterocycles. The maximum atomic E-state index is 10.9. The first-order chi connectivity index (χ1) is 19.8. The fourth-order valence-electron chi connectivity index (χ4n) is 7.68. The van der Waals surface area contributed by atoms with Crippen LogP contribution in [-0.2, 0) is 10.2 Å². The number of nitrogens with zero attached hydrogens (tertiary/aromatic N) is 4. The summed E-state index contributed by atoms with van der Waals surface area (Å²) < 4.78 is 6.28. The molecule has 0 amide bonds. The molecule has 0 bridgehead atoms. The standard InChI is InChI=1S/C29H45N9O3/c1-36(12-21-24(39)25(40)28(41-21)38-15-34-23-26(31)32-14-33-27(23)38)18-9-16(10-18)3-6-22-35-19-11-17(29(13-30)7-8-29)4-5-20(19)37(22)2/h4-5,11,16,18,21-28,32-35,39-40H,3,6-10,12,14-15,31H2,1-2H3/t16?,18?,21-,22?,23?,24-,25-,26?,27?,28-/m1/s1. The molecule has 6 aliphatic rings. The van der Waals surface area contributed by atoms with Crippen molar-refractivity contribution in [2.45, 2.75) is 99.1 Å². The number of nitrogens with two attached hydrogens (primary N) is 1. The molecule has 2 aliphatic carbocycles. The van der Waals surface area contributed by atoms with E-state index in [1.54, 1.807) is 0 Å². The van der Waals surface area contributed by atoms with Crippen LogP contribution in [0.4, 0.5) is 11.4 Å². The lowest BCUT2D eigenvalue weighted by Crippen LogP contribution is -2.68. The van der Waals surface area contributed by atoms with Gasteiger partial charge in [-0.25, -0.2) is 4.90 Å². The van der Waals surface area contributed by atoms with Gasteiger partial charge in [-0.1, -0.05) is 6.07 Å². The van der Waals surface area contributed by atoms with Crippen LogP contribution in [0.2, 0.25) is 0 Å². The summed E-state index contributed by atoms with van der Waals surface area (Å²) >= 11 is 0. The summed E-state index contributed by atoms with van der Waals surface area (Å²) in [5, 5.41) is 45.0. The second-order valence-corrected chi connectivity index (χ2v) is 13.2. The smallest absolute Gasteiger partial charge is 0.142 e. The number of nitriles is 1. The van der Waals surface area contributed by atoms with Crippen molar-refractivity contribution >= 4 is 11.4 Å². The zero-order valence-electron chi connectivity index (χ0n) is 24.0. The monoisotopic (exact) mass is 567 g/mol. The van der Waals surface area contributed by atoms with Crippen molar-refractivity contribution in [2.24, 2.45) is 11.7 Å². The second kappa shape index (κ2) is 10.6. The minimum atomic E-state index is -0.971. The van der Waals surface area contributed by atoms with Gasteiger partial charge in [0, 0.05) is 26.3 Å². The molecule has 0 aromatic heterocycles. The Morgan fingerprint density at radius 2 is 1.98 bits per heavy atom. The van der Waals surface area contributed by atoms with Gasteiger partial charge in [-0.2, -0.15) is 5.26 Å². The highest BCUT2D eigenvalue weighted by Crippen LogP contribution is 2.50. The van der Waals surface area contributed by atoms with Gasteiger partial charge in [0.15, 0.2) is 0 Å². The first kappa shape index (κ1) is 27.8. The molecule has 2 saturated carbocycles. The van der Waals surface area contributed by atoms with E-state index in [4.69, 9.17) is 10.5 Å². The van der Waals surface area contributed by atoms with Crippen molar-refractivity contribution in [1.29, 1.82) is 5.26 Å². The predicted octanol–water partition coefficient (Wildman–Crippen LogP) is -0.641. The van der Waals surface area contributed by atoms with Gasteiger partial charge < -0.3 is 35.8 Å². The molecule has 8 N–H and O–H groups in total. The van der Waals surface area contributed by atoms with Crippen LogP contribution in [0.5, 0.6) is 0 Å². The highest BCUT2D eigenvalue weighted by Gasteiger charge is 2.52. The Morgan fingerprint density at radius 3 is 2.73 bits per heavy atom. The normalized spacial score (nSPS) is 41.0. The Kier molecular flexibility index (Phi) is 7.17. The summed E-state index contributed by atoms with van der Waals surface area (Å²) in [4.78, 5) is 6.67. The summed E-state index contributed by atoms with van der Waals surface area (Å²) in [6.07, 6.45) is 3.56. The van der Waals surface area contributed by atoms with Crippen molar-refractivity contribution < 1.29 is 14.9 Å². The van der Waals surface area contributed by atoms with Crippen LogP contribution >= 0.6 is 0 Å². The van der Waals surface area contributed by atoms with Crippen LogP contribution in [0.15, 0.2) is 18.2 Å². The number of hydrogen-bond acceptors (Lipinski definition) is 12. The molecule has 4 unspecified atom stereocenters. The topological polar surface area (TPSA) is 157 Å². The van der Waals surface area contributed by atoms with Crippen LogP contribution in [-0.4, -0.2) is 109 Å². The molecular weight excluding hydrogens is 522 g/mol. The number of benzene rings is 1. The van der Waals surface area contributed by atoms with E-state index in [0.29, 0.717) is 31.8 Å². The average Bonchev–Trinajstić information content (AvgIpc) is 3.43. The second-order valence-electron chi connectivity index (χ2n) is 13.2. The lowest BCUT2D eigenvalue weighted by molar-refractivity contribution is -0.108. The predicted molar refractivity (Wildman–Crippen MR) is 154 cm³/mol. The van der Waals surface area contributed by atoms with Gasteiger partial charge in [-0.3, -0.25) is 16.0 Å². The highest BCUT2D eigenvalue weighted by atomic mass is 16.6. The lowest BCUT2D eigenvalue weighted by atomic mass is 9.76. The van der Waals surface area contributed by atoms with Gasteiger partial charge in [-0.15, -0.1) is 0 Å². The third-order valence-electron chi connectivity index (χ3n) is 10.7. The van der Waals surface area contributed by atoms with E-state index in [9.17, 15) is 15.5 Å². The van der Waals surface area contributed by atoms with Gasteiger partial charge >= 0.3 is 0 Å². The zero-order valence-corrected chi connectivity index (χ0v) is 24.0. The number of likely N-dealkylation sites (N-methyl/N-ethyl adjacent to an activating group) is 1. The number of anilines is 2. The number of ether oxygens (including phenoxy) is 1. The molecule has 12 heteroatoms. The molecule has 5 fully saturated rings. The van der Waals surface area contributed by atoms with E-state index in [1.807, 2.05) is 4.90 Å². The first-order valence-electron chi connectivity index (χ1n) is 15.3. The number of rotatable bonds is 8. The molecule has 4 aliphatic heterocycles. The Labute approximate surface area is 242 Å². The van der Waals surface area contributed by atoms with E-state index < -0.39 is 24.5 Å². The molecule has 1 aromatic rings. The SMILES string of the molecule is CN(C[C@H]1O[C@@H](N2CNC3C(N)NCNC32)[C@H](O)[C@@H]1O)C1CC(CCC2Nc3cc(C4(C#N)CC4)ccc3N2C)C1. The maximum Gasteiger partial charge on any atom is 0.142 e. The van der Waals surface area contributed by atoms with Gasteiger partial charge in [0.2, 0.25) is 0 Å². The number of aliphatic hydroxyl groups is 2. The Bertz CT molecular complexity index is 1170. The summed E-state index contributed by atoms with van der Waals surface area (Å²) in [6, 6.07) is 9.47. The van der Waals surface area contributed by atoms with Crippen molar-refractivity contribution in [1.82, 2.24) is 25.8 Å². The summed E-state index contributed by atoms with van der Waals surface area (Å²) in [5.41, 5.74) is 9.45. The molecule has 41 heavy (non-hydrogen) atoms. The number of nitrogens with one attached hydrogen (secondary N) is 4. The molecule has 0 spiro atoms. The highest BCUT2D eigenvalue weighted by molar-refractivity contribution is 5.77. The maximum absolute atomic E-state index is 10.9. The minimum absolute atomic E-state index is 0.00888. The Morgan fingerprint density at radius 1 is 1.17 bits per heavy atom.